The van der Waals surface area contributed by atoms with Crippen LogP contribution >= 0.6 is 0 Å². The van der Waals surface area contributed by atoms with Crippen LogP contribution in [0.5, 0.6) is 0 Å². The minimum Gasteiger partial charge on any atom is -0.399 e. The molecule has 3 N–H and O–H groups in total. The maximum absolute atomic E-state index is 13.6. The van der Waals surface area contributed by atoms with Crippen molar-refractivity contribution in [3.63, 3.8) is 0 Å². The highest BCUT2D eigenvalue weighted by Gasteiger charge is 2.31. The van der Waals surface area contributed by atoms with Crippen LogP contribution in [-0.4, -0.2) is 5.91 Å². The van der Waals surface area contributed by atoms with Crippen molar-refractivity contribution in [3.8, 4) is 0 Å². The smallest absolute Gasteiger partial charge is 0.399 e. The highest BCUT2D eigenvalue weighted by Crippen LogP contribution is 2.31. The van der Waals surface area contributed by atoms with E-state index in [9.17, 15) is 22.4 Å². The van der Waals surface area contributed by atoms with Crippen molar-refractivity contribution in [2.24, 2.45) is 0 Å². The van der Waals surface area contributed by atoms with E-state index >= 15 is 0 Å². The first-order chi connectivity index (χ1) is 9.77. The highest BCUT2D eigenvalue weighted by molar-refractivity contribution is 6.04. The van der Waals surface area contributed by atoms with E-state index in [-0.39, 0.29) is 11.3 Å². The average molecular weight is 298 g/mol. The van der Waals surface area contributed by atoms with E-state index in [1.165, 1.54) is 24.3 Å². The van der Waals surface area contributed by atoms with Crippen LogP contribution in [0.25, 0.3) is 0 Å². The zero-order valence-corrected chi connectivity index (χ0v) is 10.5. The molecule has 3 nitrogen and oxygen atoms in total. The van der Waals surface area contributed by atoms with Gasteiger partial charge in [0.15, 0.2) is 0 Å². The molecule has 0 aliphatic heterocycles. The van der Waals surface area contributed by atoms with E-state index in [2.05, 4.69) is 5.32 Å². The number of nitrogen functional groups attached to an aromatic ring is 1. The molecule has 21 heavy (non-hydrogen) atoms. The summed E-state index contributed by atoms with van der Waals surface area (Å²) in [5, 5.41) is 2.20. The summed E-state index contributed by atoms with van der Waals surface area (Å²) in [6.45, 7) is 0. The summed E-state index contributed by atoms with van der Waals surface area (Å²) in [6, 6.07) is 7.71. The van der Waals surface area contributed by atoms with E-state index in [1.807, 2.05) is 0 Å². The number of halogens is 4. The molecule has 0 spiro atoms. The van der Waals surface area contributed by atoms with Gasteiger partial charge in [0.25, 0.3) is 5.91 Å². The van der Waals surface area contributed by atoms with Gasteiger partial charge in [-0.15, -0.1) is 0 Å². The number of alkyl halides is 3. The van der Waals surface area contributed by atoms with E-state index in [4.69, 9.17) is 5.73 Å². The van der Waals surface area contributed by atoms with Gasteiger partial charge in [0.2, 0.25) is 0 Å². The van der Waals surface area contributed by atoms with Gasteiger partial charge in [-0.2, -0.15) is 13.2 Å². The van der Waals surface area contributed by atoms with Crippen LogP contribution < -0.4 is 11.1 Å². The Labute approximate surface area is 117 Å². The Morgan fingerprint density at radius 2 is 1.67 bits per heavy atom. The minimum atomic E-state index is -4.64. The molecule has 0 saturated carbocycles. The molecule has 0 aromatic heterocycles. The Balaban J connectivity index is 2.20. The third-order valence-corrected chi connectivity index (χ3v) is 2.72. The summed E-state index contributed by atoms with van der Waals surface area (Å²) in [4.78, 5) is 11.8. The van der Waals surface area contributed by atoms with Gasteiger partial charge in [-0.05, 0) is 42.5 Å². The van der Waals surface area contributed by atoms with E-state index in [0.29, 0.717) is 17.8 Å². The summed E-state index contributed by atoms with van der Waals surface area (Å²) in [5.74, 6) is -1.80. The second-order valence-electron chi connectivity index (χ2n) is 4.27. The number of benzene rings is 2. The standard InChI is InChI=1S/C14H10F4N2O/c15-11-7-9(14(16,17)18)3-6-12(11)20-13(21)8-1-4-10(19)5-2-8/h1-7H,19H2,(H,20,21). The second-order valence-corrected chi connectivity index (χ2v) is 4.27. The number of rotatable bonds is 2. The SMILES string of the molecule is Nc1ccc(C(=O)Nc2ccc(C(F)(F)F)cc2F)cc1. The monoisotopic (exact) mass is 298 g/mol. The fraction of sp³-hybridized carbons (Fsp3) is 0.0714. The number of carbonyl (C=O) groups is 1. The van der Waals surface area contributed by atoms with E-state index in [1.54, 1.807) is 0 Å². The molecular weight excluding hydrogens is 288 g/mol. The van der Waals surface area contributed by atoms with Crippen molar-refractivity contribution in [1.82, 2.24) is 0 Å². The predicted molar refractivity (Wildman–Crippen MR) is 70.2 cm³/mol. The van der Waals surface area contributed by atoms with Gasteiger partial charge in [0.05, 0.1) is 11.3 Å². The number of nitrogens with two attached hydrogens (primary N) is 1. The van der Waals surface area contributed by atoms with Gasteiger partial charge in [-0.1, -0.05) is 0 Å². The van der Waals surface area contributed by atoms with Crippen LogP contribution in [0.1, 0.15) is 15.9 Å². The number of anilines is 2. The van der Waals surface area contributed by atoms with Gasteiger partial charge in [-0.3, -0.25) is 4.79 Å². The van der Waals surface area contributed by atoms with Gasteiger partial charge in [-0.25, -0.2) is 4.39 Å². The molecule has 0 saturated heterocycles. The zero-order chi connectivity index (χ0) is 15.6. The maximum Gasteiger partial charge on any atom is 0.416 e. The Hall–Kier alpha value is -2.57. The maximum atomic E-state index is 13.6. The molecule has 7 heteroatoms. The fourth-order valence-corrected chi connectivity index (χ4v) is 1.62. The molecule has 1 amide bonds. The molecule has 2 aromatic rings. The van der Waals surface area contributed by atoms with Gasteiger partial charge >= 0.3 is 6.18 Å². The van der Waals surface area contributed by atoms with Gasteiger partial charge < -0.3 is 11.1 Å². The number of carbonyl (C=O) groups excluding carboxylic acids is 1. The van der Waals surface area contributed by atoms with E-state index < -0.39 is 23.5 Å². The summed E-state index contributed by atoms with van der Waals surface area (Å²) in [7, 11) is 0. The van der Waals surface area contributed by atoms with Crippen LogP contribution in [0.3, 0.4) is 0 Å². The highest BCUT2D eigenvalue weighted by atomic mass is 19.4. The molecule has 0 aliphatic carbocycles. The Morgan fingerprint density at radius 3 is 2.19 bits per heavy atom. The van der Waals surface area contributed by atoms with Crippen LogP contribution in [0.4, 0.5) is 28.9 Å². The summed E-state index contributed by atoms with van der Waals surface area (Å²) in [6.07, 6.45) is -4.64. The third-order valence-electron chi connectivity index (χ3n) is 2.72. The molecule has 110 valence electrons. The first-order valence-electron chi connectivity index (χ1n) is 5.81. The van der Waals surface area contributed by atoms with Crippen molar-refractivity contribution < 1.29 is 22.4 Å². The van der Waals surface area contributed by atoms with Crippen LogP contribution in [0, 0.1) is 5.82 Å². The zero-order valence-electron chi connectivity index (χ0n) is 10.5. The van der Waals surface area contributed by atoms with Gasteiger partial charge in [0.1, 0.15) is 5.82 Å². The molecular formula is C14H10F4N2O. The summed E-state index contributed by atoms with van der Waals surface area (Å²) >= 11 is 0. The summed E-state index contributed by atoms with van der Waals surface area (Å²) in [5.41, 5.74) is 4.68. The number of hydrogen-bond donors (Lipinski definition) is 2. The molecule has 0 atom stereocenters. The van der Waals surface area contributed by atoms with Crippen LogP contribution in [0.2, 0.25) is 0 Å². The Kier molecular flexibility index (Phi) is 3.84. The molecule has 2 rings (SSSR count). The Morgan fingerprint density at radius 1 is 1.05 bits per heavy atom. The number of hydrogen-bond acceptors (Lipinski definition) is 2. The van der Waals surface area contributed by atoms with Gasteiger partial charge in [0, 0.05) is 11.3 Å². The lowest BCUT2D eigenvalue weighted by Crippen LogP contribution is -2.14. The molecule has 0 aliphatic rings. The molecule has 0 fully saturated rings. The average Bonchev–Trinajstić information content (AvgIpc) is 2.40. The Bertz CT molecular complexity index is 666. The predicted octanol–water partition coefficient (Wildman–Crippen LogP) is 3.68. The van der Waals surface area contributed by atoms with Crippen LogP contribution in [-0.2, 0) is 6.18 Å². The molecule has 0 bridgehead atoms. The third kappa shape index (κ3) is 3.50. The van der Waals surface area contributed by atoms with Crippen LogP contribution in [0.15, 0.2) is 42.5 Å². The molecule has 0 radical (unpaired) electrons. The lowest BCUT2D eigenvalue weighted by atomic mass is 10.1. The molecule has 2 aromatic carbocycles. The first-order valence-corrected chi connectivity index (χ1v) is 5.81. The normalized spacial score (nSPS) is 11.2. The molecule has 0 heterocycles. The van der Waals surface area contributed by atoms with Crippen molar-refractivity contribution in [2.45, 2.75) is 6.18 Å². The molecule has 0 unspecified atom stereocenters. The lowest BCUT2D eigenvalue weighted by molar-refractivity contribution is -0.137. The fourth-order valence-electron chi connectivity index (χ4n) is 1.62. The van der Waals surface area contributed by atoms with Crippen molar-refractivity contribution in [2.75, 3.05) is 11.1 Å². The number of amides is 1. The minimum absolute atomic E-state index is 0.212. The topological polar surface area (TPSA) is 55.1 Å². The van der Waals surface area contributed by atoms with E-state index in [0.717, 1.165) is 6.07 Å². The van der Waals surface area contributed by atoms with Crippen molar-refractivity contribution in [3.05, 3.63) is 59.4 Å². The van der Waals surface area contributed by atoms with Crippen molar-refractivity contribution in [1.29, 1.82) is 0 Å². The largest absolute Gasteiger partial charge is 0.416 e. The van der Waals surface area contributed by atoms with Crippen molar-refractivity contribution >= 4 is 17.3 Å². The quantitative estimate of drug-likeness (QED) is 0.656. The first kappa shape index (κ1) is 14.8. The summed E-state index contributed by atoms with van der Waals surface area (Å²) < 4.78 is 50.8. The second kappa shape index (κ2) is 5.43. The number of nitrogens with one attached hydrogen (secondary N) is 1. The lowest BCUT2D eigenvalue weighted by Gasteiger charge is -2.10.